The van der Waals surface area contributed by atoms with Crippen molar-refractivity contribution >= 4 is 23.1 Å². The van der Waals surface area contributed by atoms with Crippen molar-refractivity contribution in [2.24, 2.45) is 5.73 Å². The standard InChI is InChI=1S/C10H20N2O3S/c1-3-15-8-10(13)12(6-7-14-2)5-4-9(11)16/h3-8H2,1-2H3,(H2,11,16). The molecular formula is C10H20N2O3S. The molecule has 5 nitrogen and oxygen atoms in total. The molecule has 0 radical (unpaired) electrons. The van der Waals surface area contributed by atoms with Crippen LogP contribution in [0.4, 0.5) is 0 Å². The van der Waals surface area contributed by atoms with Crippen molar-refractivity contribution in [2.45, 2.75) is 13.3 Å². The maximum atomic E-state index is 11.7. The smallest absolute Gasteiger partial charge is 0.248 e. The number of nitrogens with two attached hydrogens (primary N) is 1. The minimum absolute atomic E-state index is 0.0600. The molecule has 2 N–H and O–H groups in total. The van der Waals surface area contributed by atoms with E-state index in [2.05, 4.69) is 0 Å². The molecule has 0 saturated heterocycles. The molecule has 0 fully saturated rings. The summed E-state index contributed by atoms with van der Waals surface area (Å²) in [5.74, 6) is -0.0600. The summed E-state index contributed by atoms with van der Waals surface area (Å²) in [7, 11) is 1.60. The molecule has 0 unspecified atom stereocenters. The van der Waals surface area contributed by atoms with Gasteiger partial charge < -0.3 is 20.1 Å². The van der Waals surface area contributed by atoms with Crippen molar-refractivity contribution in [1.29, 1.82) is 0 Å². The highest BCUT2D eigenvalue weighted by molar-refractivity contribution is 7.80. The fourth-order valence-electron chi connectivity index (χ4n) is 1.09. The normalized spacial score (nSPS) is 10.1. The maximum absolute atomic E-state index is 11.7. The van der Waals surface area contributed by atoms with Gasteiger partial charge in [0.15, 0.2) is 0 Å². The Morgan fingerprint density at radius 2 is 2.12 bits per heavy atom. The molecule has 16 heavy (non-hydrogen) atoms. The van der Waals surface area contributed by atoms with Gasteiger partial charge in [-0.1, -0.05) is 12.2 Å². The molecule has 0 spiro atoms. The summed E-state index contributed by atoms with van der Waals surface area (Å²) in [5.41, 5.74) is 5.40. The Kier molecular flexibility index (Phi) is 9.07. The number of carbonyl (C=O) groups is 1. The first-order chi connectivity index (χ1) is 7.61. The minimum Gasteiger partial charge on any atom is -0.393 e. The quantitative estimate of drug-likeness (QED) is 0.589. The Hall–Kier alpha value is -0.720. The highest BCUT2D eigenvalue weighted by Gasteiger charge is 2.12. The van der Waals surface area contributed by atoms with Gasteiger partial charge in [-0.15, -0.1) is 0 Å². The molecule has 1 amide bonds. The zero-order chi connectivity index (χ0) is 12.4. The molecular weight excluding hydrogens is 228 g/mol. The lowest BCUT2D eigenvalue weighted by Crippen LogP contribution is -2.38. The van der Waals surface area contributed by atoms with E-state index in [0.29, 0.717) is 37.7 Å². The van der Waals surface area contributed by atoms with Crippen LogP contribution in [0, 0.1) is 0 Å². The van der Waals surface area contributed by atoms with Crippen LogP contribution in [0.2, 0.25) is 0 Å². The molecule has 0 atom stereocenters. The molecule has 0 aliphatic carbocycles. The average molecular weight is 248 g/mol. The molecule has 0 rings (SSSR count). The first-order valence-electron chi connectivity index (χ1n) is 5.24. The van der Waals surface area contributed by atoms with E-state index in [1.165, 1.54) is 0 Å². The number of methoxy groups -OCH3 is 1. The average Bonchev–Trinajstić information content (AvgIpc) is 2.25. The number of amides is 1. The van der Waals surface area contributed by atoms with E-state index in [1.54, 1.807) is 12.0 Å². The summed E-state index contributed by atoms with van der Waals surface area (Å²) in [6.45, 7) is 4.02. The zero-order valence-electron chi connectivity index (χ0n) is 9.90. The van der Waals surface area contributed by atoms with Gasteiger partial charge in [-0.2, -0.15) is 0 Å². The first-order valence-corrected chi connectivity index (χ1v) is 5.65. The molecule has 0 aliphatic heterocycles. The Bertz CT molecular complexity index is 224. The first kappa shape index (κ1) is 15.3. The fraction of sp³-hybridized carbons (Fsp3) is 0.800. The van der Waals surface area contributed by atoms with Gasteiger partial charge in [-0.25, -0.2) is 0 Å². The molecule has 0 aromatic heterocycles. The Balaban J connectivity index is 4.06. The molecule has 0 heterocycles. The molecule has 0 bridgehead atoms. The topological polar surface area (TPSA) is 64.8 Å². The van der Waals surface area contributed by atoms with Crippen LogP contribution in [-0.4, -0.2) is 55.8 Å². The number of ether oxygens (including phenoxy) is 2. The number of nitrogens with zero attached hydrogens (tertiary/aromatic N) is 1. The summed E-state index contributed by atoms with van der Waals surface area (Å²) in [4.78, 5) is 13.7. The van der Waals surface area contributed by atoms with Crippen LogP contribution < -0.4 is 5.73 Å². The van der Waals surface area contributed by atoms with Crippen LogP contribution in [0.5, 0.6) is 0 Å². The maximum Gasteiger partial charge on any atom is 0.248 e. The van der Waals surface area contributed by atoms with E-state index in [-0.39, 0.29) is 12.5 Å². The number of thiocarbonyl (C=S) groups is 1. The second-order valence-corrected chi connectivity index (χ2v) is 3.75. The van der Waals surface area contributed by atoms with Crippen LogP contribution in [0.3, 0.4) is 0 Å². The monoisotopic (exact) mass is 248 g/mol. The Morgan fingerprint density at radius 1 is 1.44 bits per heavy atom. The third-order valence-electron chi connectivity index (χ3n) is 1.98. The summed E-state index contributed by atoms with van der Waals surface area (Å²) in [5, 5.41) is 0. The van der Waals surface area contributed by atoms with Crippen molar-refractivity contribution < 1.29 is 14.3 Å². The van der Waals surface area contributed by atoms with Crippen molar-refractivity contribution in [1.82, 2.24) is 4.90 Å². The van der Waals surface area contributed by atoms with E-state index in [0.717, 1.165) is 0 Å². The lowest BCUT2D eigenvalue weighted by Gasteiger charge is -2.21. The molecule has 0 aromatic rings. The number of carbonyl (C=O) groups excluding carboxylic acids is 1. The van der Waals surface area contributed by atoms with Gasteiger partial charge >= 0.3 is 0 Å². The largest absolute Gasteiger partial charge is 0.393 e. The summed E-state index contributed by atoms with van der Waals surface area (Å²) in [6.07, 6.45) is 0.525. The van der Waals surface area contributed by atoms with Crippen molar-refractivity contribution in [3.63, 3.8) is 0 Å². The molecule has 0 saturated carbocycles. The number of hydrogen-bond donors (Lipinski definition) is 1. The Morgan fingerprint density at radius 3 is 2.62 bits per heavy atom. The van der Waals surface area contributed by atoms with Crippen LogP contribution in [0.25, 0.3) is 0 Å². The van der Waals surface area contributed by atoms with Gasteiger partial charge in [0.05, 0.1) is 11.6 Å². The van der Waals surface area contributed by atoms with Gasteiger partial charge in [0.1, 0.15) is 6.61 Å². The van der Waals surface area contributed by atoms with Gasteiger partial charge in [0.2, 0.25) is 5.91 Å². The predicted molar refractivity (Wildman–Crippen MR) is 66.4 cm³/mol. The van der Waals surface area contributed by atoms with Crippen LogP contribution in [-0.2, 0) is 14.3 Å². The number of hydrogen-bond acceptors (Lipinski definition) is 4. The zero-order valence-corrected chi connectivity index (χ0v) is 10.7. The van der Waals surface area contributed by atoms with E-state index in [9.17, 15) is 4.79 Å². The lowest BCUT2D eigenvalue weighted by molar-refractivity contribution is -0.136. The van der Waals surface area contributed by atoms with E-state index >= 15 is 0 Å². The van der Waals surface area contributed by atoms with Gasteiger partial charge in [-0.3, -0.25) is 4.79 Å². The predicted octanol–water partition coefficient (Wildman–Crippen LogP) is 0.174. The molecule has 0 aliphatic rings. The second-order valence-electron chi connectivity index (χ2n) is 3.23. The van der Waals surface area contributed by atoms with Crippen molar-refractivity contribution in [3.05, 3.63) is 0 Å². The Labute approximate surface area is 102 Å². The van der Waals surface area contributed by atoms with Gasteiger partial charge in [-0.05, 0) is 6.92 Å². The summed E-state index contributed by atoms with van der Waals surface area (Å²) in [6, 6.07) is 0. The minimum atomic E-state index is -0.0600. The molecule has 94 valence electrons. The van der Waals surface area contributed by atoms with E-state index in [1.807, 2.05) is 6.92 Å². The highest BCUT2D eigenvalue weighted by atomic mass is 32.1. The second kappa shape index (κ2) is 9.50. The molecule has 6 heteroatoms. The van der Waals surface area contributed by atoms with Crippen LogP contribution in [0.15, 0.2) is 0 Å². The van der Waals surface area contributed by atoms with Crippen LogP contribution in [0.1, 0.15) is 13.3 Å². The fourth-order valence-corrected chi connectivity index (χ4v) is 1.18. The summed E-state index contributed by atoms with van der Waals surface area (Å²) >= 11 is 4.78. The number of rotatable bonds is 9. The van der Waals surface area contributed by atoms with Crippen LogP contribution >= 0.6 is 12.2 Å². The SMILES string of the molecule is CCOCC(=O)N(CCOC)CCC(N)=S. The third-order valence-corrected chi connectivity index (χ3v) is 2.18. The molecule has 0 aromatic carbocycles. The van der Waals surface area contributed by atoms with Gasteiger partial charge in [0.25, 0.3) is 0 Å². The van der Waals surface area contributed by atoms with E-state index in [4.69, 9.17) is 27.4 Å². The lowest BCUT2D eigenvalue weighted by atomic mass is 10.3. The summed E-state index contributed by atoms with van der Waals surface area (Å²) < 4.78 is 10.0. The third kappa shape index (κ3) is 7.56. The van der Waals surface area contributed by atoms with Gasteiger partial charge in [0, 0.05) is 33.2 Å². The van der Waals surface area contributed by atoms with Crippen molar-refractivity contribution in [2.75, 3.05) is 40.0 Å². The van der Waals surface area contributed by atoms with E-state index < -0.39 is 0 Å². The highest BCUT2D eigenvalue weighted by Crippen LogP contribution is 1.95. The van der Waals surface area contributed by atoms with Crippen molar-refractivity contribution in [3.8, 4) is 0 Å².